The normalized spacial score (nSPS) is 13.1. The maximum absolute atomic E-state index is 12.5. The van der Waals surface area contributed by atoms with Crippen LogP contribution in [0.15, 0.2) is 40.9 Å². The van der Waals surface area contributed by atoms with Crippen molar-refractivity contribution in [1.82, 2.24) is 0 Å². The molecule has 0 atom stereocenters. The Morgan fingerprint density at radius 1 is 1.05 bits per heavy atom. The van der Waals surface area contributed by atoms with Crippen molar-refractivity contribution in [3.63, 3.8) is 0 Å². The van der Waals surface area contributed by atoms with Crippen LogP contribution in [0.4, 0.5) is 5.69 Å². The van der Waals surface area contributed by atoms with Gasteiger partial charge in [0, 0.05) is 21.3 Å². The summed E-state index contributed by atoms with van der Waals surface area (Å²) in [4.78, 5) is 12.5. The summed E-state index contributed by atoms with van der Waals surface area (Å²) >= 11 is 3.36. The molecule has 1 heterocycles. The number of nitrogens with two attached hydrogens (primary N) is 1. The Hall–Kier alpha value is -2.01. The minimum Gasteiger partial charge on any atom is -0.486 e. The topological polar surface area (TPSA) is 61.6 Å². The van der Waals surface area contributed by atoms with Crippen molar-refractivity contribution in [2.75, 3.05) is 18.9 Å². The molecule has 3 rings (SSSR count). The number of rotatable bonds is 2. The lowest BCUT2D eigenvalue weighted by Crippen LogP contribution is -2.16. The Labute approximate surface area is 124 Å². The minimum atomic E-state index is -0.0890. The van der Waals surface area contributed by atoms with Gasteiger partial charge in [-0.05, 0) is 52.3 Å². The average Bonchev–Trinajstić information content (AvgIpc) is 2.46. The summed E-state index contributed by atoms with van der Waals surface area (Å²) in [5, 5.41) is 0. The molecule has 0 saturated carbocycles. The molecule has 0 amide bonds. The highest BCUT2D eigenvalue weighted by Crippen LogP contribution is 2.32. The van der Waals surface area contributed by atoms with Crippen molar-refractivity contribution < 1.29 is 14.3 Å². The van der Waals surface area contributed by atoms with E-state index in [9.17, 15) is 4.79 Å². The molecule has 2 N–H and O–H groups in total. The zero-order valence-corrected chi connectivity index (χ0v) is 12.1. The van der Waals surface area contributed by atoms with E-state index in [1.807, 2.05) is 0 Å². The molecular formula is C15H12BrNO3. The molecule has 0 spiro atoms. The summed E-state index contributed by atoms with van der Waals surface area (Å²) < 4.78 is 11.6. The number of benzene rings is 2. The maximum Gasteiger partial charge on any atom is 0.194 e. The first kappa shape index (κ1) is 13.0. The van der Waals surface area contributed by atoms with Gasteiger partial charge in [0.25, 0.3) is 0 Å². The van der Waals surface area contributed by atoms with E-state index in [-0.39, 0.29) is 5.78 Å². The third-order valence-electron chi connectivity index (χ3n) is 3.04. The van der Waals surface area contributed by atoms with Crippen LogP contribution in [-0.4, -0.2) is 19.0 Å². The second-order valence-electron chi connectivity index (χ2n) is 4.43. The number of hydrogen-bond acceptors (Lipinski definition) is 4. The van der Waals surface area contributed by atoms with Crippen LogP contribution in [0.1, 0.15) is 15.9 Å². The molecule has 2 aromatic rings. The predicted octanol–water partition coefficient (Wildman–Crippen LogP) is 3.03. The van der Waals surface area contributed by atoms with Gasteiger partial charge in [0.15, 0.2) is 17.3 Å². The fraction of sp³-hybridized carbons (Fsp3) is 0.133. The Morgan fingerprint density at radius 2 is 1.80 bits per heavy atom. The molecule has 0 aliphatic carbocycles. The quantitative estimate of drug-likeness (QED) is 0.677. The van der Waals surface area contributed by atoms with E-state index in [0.29, 0.717) is 46.0 Å². The molecule has 102 valence electrons. The maximum atomic E-state index is 12.5. The van der Waals surface area contributed by atoms with Crippen molar-refractivity contribution in [3.8, 4) is 11.5 Å². The highest BCUT2D eigenvalue weighted by Gasteiger charge is 2.17. The first-order valence-corrected chi connectivity index (χ1v) is 6.94. The van der Waals surface area contributed by atoms with Gasteiger partial charge < -0.3 is 15.2 Å². The van der Waals surface area contributed by atoms with Crippen LogP contribution in [0.25, 0.3) is 0 Å². The van der Waals surface area contributed by atoms with Gasteiger partial charge >= 0.3 is 0 Å². The molecule has 1 aliphatic rings. The van der Waals surface area contributed by atoms with Gasteiger partial charge in [0.1, 0.15) is 13.2 Å². The lowest BCUT2D eigenvalue weighted by Gasteiger charge is -2.18. The monoisotopic (exact) mass is 333 g/mol. The molecule has 1 aliphatic heterocycles. The van der Waals surface area contributed by atoms with Crippen LogP contribution in [-0.2, 0) is 0 Å². The van der Waals surface area contributed by atoms with Crippen LogP contribution < -0.4 is 15.2 Å². The Kier molecular flexibility index (Phi) is 3.36. The van der Waals surface area contributed by atoms with Crippen molar-refractivity contribution >= 4 is 27.4 Å². The molecule has 0 fully saturated rings. The van der Waals surface area contributed by atoms with Gasteiger partial charge in [-0.2, -0.15) is 0 Å². The lowest BCUT2D eigenvalue weighted by molar-refractivity contribution is 0.103. The number of halogens is 1. The molecule has 0 radical (unpaired) electrons. The number of anilines is 1. The molecular weight excluding hydrogens is 322 g/mol. The Bertz CT molecular complexity index is 685. The highest BCUT2D eigenvalue weighted by atomic mass is 79.9. The van der Waals surface area contributed by atoms with Crippen molar-refractivity contribution in [2.24, 2.45) is 0 Å². The van der Waals surface area contributed by atoms with E-state index in [1.54, 1.807) is 36.4 Å². The third kappa shape index (κ3) is 2.36. The molecule has 5 heteroatoms. The Balaban J connectivity index is 1.98. The highest BCUT2D eigenvalue weighted by molar-refractivity contribution is 9.10. The summed E-state index contributed by atoms with van der Waals surface area (Å²) in [7, 11) is 0. The zero-order valence-electron chi connectivity index (χ0n) is 10.6. The summed E-state index contributed by atoms with van der Waals surface area (Å²) in [6, 6.07) is 10.3. The second-order valence-corrected chi connectivity index (χ2v) is 5.28. The van der Waals surface area contributed by atoms with E-state index in [4.69, 9.17) is 15.2 Å². The van der Waals surface area contributed by atoms with E-state index in [1.165, 1.54) is 0 Å². The molecule has 0 aromatic heterocycles. The van der Waals surface area contributed by atoms with Crippen LogP contribution in [0.2, 0.25) is 0 Å². The van der Waals surface area contributed by atoms with Crippen LogP contribution in [0.5, 0.6) is 11.5 Å². The molecule has 20 heavy (non-hydrogen) atoms. The fourth-order valence-corrected chi connectivity index (χ4v) is 2.63. The van der Waals surface area contributed by atoms with Crippen molar-refractivity contribution in [2.45, 2.75) is 0 Å². The predicted molar refractivity (Wildman–Crippen MR) is 79.4 cm³/mol. The third-order valence-corrected chi connectivity index (χ3v) is 3.70. The van der Waals surface area contributed by atoms with Crippen molar-refractivity contribution in [3.05, 3.63) is 52.0 Å². The molecule has 0 saturated heterocycles. The number of carbonyl (C=O) groups excluding carboxylic acids is 1. The van der Waals surface area contributed by atoms with Gasteiger partial charge in [0.05, 0.1) is 0 Å². The molecule has 2 aromatic carbocycles. The molecule has 4 nitrogen and oxygen atoms in total. The standard InChI is InChI=1S/C15H12BrNO3/c16-12-8-10(17)2-3-11(12)15(18)9-1-4-13-14(7-9)20-6-5-19-13/h1-4,7-8H,5-6,17H2. The largest absolute Gasteiger partial charge is 0.486 e. The van der Waals surface area contributed by atoms with E-state index >= 15 is 0 Å². The van der Waals surface area contributed by atoms with E-state index < -0.39 is 0 Å². The number of ether oxygens (including phenoxy) is 2. The number of carbonyl (C=O) groups is 1. The van der Waals surface area contributed by atoms with Gasteiger partial charge in [-0.25, -0.2) is 0 Å². The number of hydrogen-bond donors (Lipinski definition) is 1. The van der Waals surface area contributed by atoms with Gasteiger partial charge in [-0.1, -0.05) is 0 Å². The number of nitrogen functional groups attached to an aromatic ring is 1. The number of fused-ring (bicyclic) bond motifs is 1. The SMILES string of the molecule is Nc1ccc(C(=O)c2ccc3c(c2)OCCO3)c(Br)c1. The van der Waals surface area contributed by atoms with E-state index in [2.05, 4.69) is 15.9 Å². The van der Waals surface area contributed by atoms with Gasteiger partial charge in [0.2, 0.25) is 0 Å². The second kappa shape index (κ2) is 5.17. The van der Waals surface area contributed by atoms with Gasteiger partial charge in [-0.15, -0.1) is 0 Å². The van der Waals surface area contributed by atoms with E-state index in [0.717, 1.165) is 0 Å². The van der Waals surface area contributed by atoms with Gasteiger partial charge in [-0.3, -0.25) is 4.79 Å². The smallest absolute Gasteiger partial charge is 0.194 e. The average molecular weight is 334 g/mol. The molecule has 0 bridgehead atoms. The minimum absolute atomic E-state index is 0.0890. The van der Waals surface area contributed by atoms with Crippen LogP contribution in [0, 0.1) is 0 Å². The van der Waals surface area contributed by atoms with Crippen LogP contribution >= 0.6 is 15.9 Å². The summed E-state index contributed by atoms with van der Waals surface area (Å²) in [5.41, 5.74) is 7.41. The summed E-state index contributed by atoms with van der Waals surface area (Å²) in [6.45, 7) is 1.03. The zero-order chi connectivity index (χ0) is 14.1. The molecule has 0 unspecified atom stereocenters. The summed E-state index contributed by atoms with van der Waals surface area (Å²) in [5.74, 6) is 1.19. The Morgan fingerprint density at radius 3 is 2.55 bits per heavy atom. The fourth-order valence-electron chi connectivity index (χ4n) is 2.06. The lowest BCUT2D eigenvalue weighted by atomic mass is 10.0. The van der Waals surface area contributed by atoms with Crippen LogP contribution in [0.3, 0.4) is 0 Å². The number of ketones is 1. The first-order chi connectivity index (χ1) is 9.65. The van der Waals surface area contributed by atoms with Crippen molar-refractivity contribution in [1.29, 1.82) is 0 Å². The first-order valence-electron chi connectivity index (χ1n) is 6.14. The summed E-state index contributed by atoms with van der Waals surface area (Å²) in [6.07, 6.45) is 0.